The molecule has 0 fully saturated rings. The zero-order valence-electron chi connectivity index (χ0n) is 21.1. The number of hydrogen-bond acceptors (Lipinski definition) is 6. The number of esters is 1. The van der Waals surface area contributed by atoms with E-state index in [1.54, 1.807) is 53.9 Å². The summed E-state index contributed by atoms with van der Waals surface area (Å²) in [6.07, 6.45) is 4.78. The maximum absolute atomic E-state index is 13.0. The van der Waals surface area contributed by atoms with Gasteiger partial charge in [-0.25, -0.2) is 9.78 Å². The third kappa shape index (κ3) is 6.27. The largest absolute Gasteiger partial charge is 0.476 e. The van der Waals surface area contributed by atoms with Crippen LogP contribution < -0.4 is 5.56 Å². The van der Waals surface area contributed by atoms with Crippen molar-refractivity contribution in [2.24, 2.45) is 4.99 Å². The second kappa shape index (κ2) is 11.9. The van der Waals surface area contributed by atoms with Gasteiger partial charge in [-0.2, -0.15) is 4.99 Å². The second-order valence-corrected chi connectivity index (χ2v) is 9.05. The van der Waals surface area contributed by atoms with Crippen molar-refractivity contribution in [2.45, 2.75) is 46.3 Å². The quantitative estimate of drug-likeness (QED) is 0.116. The minimum absolute atomic E-state index is 0.223. The Labute approximate surface area is 220 Å². The molecule has 0 unspecified atom stereocenters. The SMILES string of the molecule is CCCCCn1c(/N=C(\C)OCc2ccc(C(=O)OC)cc2)cc(=O)n2cc(-c3ccc(Cl)cc3)nc12. The summed E-state index contributed by atoms with van der Waals surface area (Å²) in [5, 5.41) is 0.637. The van der Waals surface area contributed by atoms with E-state index < -0.39 is 0 Å². The lowest BCUT2D eigenvalue weighted by Gasteiger charge is -2.13. The van der Waals surface area contributed by atoms with Gasteiger partial charge in [-0.05, 0) is 36.2 Å². The summed E-state index contributed by atoms with van der Waals surface area (Å²) in [6, 6.07) is 15.8. The van der Waals surface area contributed by atoms with Crippen LogP contribution in [0.15, 0.2) is 70.6 Å². The Morgan fingerprint density at radius 2 is 1.81 bits per heavy atom. The summed E-state index contributed by atoms with van der Waals surface area (Å²) in [6.45, 7) is 4.82. The van der Waals surface area contributed by atoms with Crippen LogP contribution in [0.25, 0.3) is 17.0 Å². The lowest BCUT2D eigenvalue weighted by molar-refractivity contribution is 0.0600. The first-order chi connectivity index (χ1) is 17.9. The lowest BCUT2D eigenvalue weighted by atomic mass is 10.1. The van der Waals surface area contributed by atoms with Gasteiger partial charge in [0.05, 0.1) is 18.4 Å². The average Bonchev–Trinajstić information content (AvgIpc) is 3.35. The first-order valence-corrected chi connectivity index (χ1v) is 12.5. The molecule has 2 aromatic carbocycles. The molecule has 0 N–H and O–H groups in total. The third-order valence-electron chi connectivity index (χ3n) is 5.92. The van der Waals surface area contributed by atoms with Crippen LogP contribution in [0.2, 0.25) is 5.02 Å². The van der Waals surface area contributed by atoms with Crippen molar-refractivity contribution < 1.29 is 14.3 Å². The number of ether oxygens (including phenoxy) is 2. The number of benzene rings is 2. The number of methoxy groups -OCH3 is 1. The number of imidazole rings is 1. The van der Waals surface area contributed by atoms with Gasteiger partial charge in [0.2, 0.25) is 5.78 Å². The highest BCUT2D eigenvalue weighted by molar-refractivity contribution is 6.30. The Bertz CT molecular complexity index is 1470. The Balaban J connectivity index is 1.63. The lowest BCUT2D eigenvalue weighted by Crippen LogP contribution is -2.17. The normalized spacial score (nSPS) is 11.6. The van der Waals surface area contributed by atoms with Crippen molar-refractivity contribution in [2.75, 3.05) is 7.11 Å². The van der Waals surface area contributed by atoms with E-state index in [2.05, 4.69) is 11.9 Å². The second-order valence-electron chi connectivity index (χ2n) is 8.61. The van der Waals surface area contributed by atoms with Gasteiger partial charge in [0.15, 0.2) is 5.90 Å². The summed E-state index contributed by atoms with van der Waals surface area (Å²) in [5.41, 5.74) is 2.68. The fraction of sp³-hybridized carbons (Fsp3) is 0.286. The molecule has 8 nitrogen and oxygen atoms in total. The third-order valence-corrected chi connectivity index (χ3v) is 6.17. The van der Waals surface area contributed by atoms with E-state index >= 15 is 0 Å². The number of unbranched alkanes of at least 4 members (excludes halogenated alkanes) is 2. The van der Waals surface area contributed by atoms with E-state index in [9.17, 15) is 9.59 Å². The minimum atomic E-state index is -0.389. The van der Waals surface area contributed by atoms with Gasteiger partial charge in [-0.15, -0.1) is 0 Å². The van der Waals surface area contributed by atoms with E-state index in [-0.39, 0.29) is 18.1 Å². The summed E-state index contributed by atoms with van der Waals surface area (Å²) in [4.78, 5) is 34.0. The summed E-state index contributed by atoms with van der Waals surface area (Å²) < 4.78 is 14.1. The van der Waals surface area contributed by atoms with E-state index in [0.717, 1.165) is 30.4 Å². The Kier molecular flexibility index (Phi) is 8.40. The predicted molar refractivity (Wildman–Crippen MR) is 145 cm³/mol. The molecule has 0 amide bonds. The molecule has 0 radical (unpaired) electrons. The molecule has 0 atom stereocenters. The van der Waals surface area contributed by atoms with Gasteiger partial charge in [-0.3, -0.25) is 13.8 Å². The van der Waals surface area contributed by atoms with Crippen LogP contribution in [-0.2, 0) is 22.6 Å². The molecule has 0 saturated carbocycles. The molecule has 0 saturated heterocycles. The number of aliphatic imine (C=N–C) groups is 1. The van der Waals surface area contributed by atoms with E-state index in [0.29, 0.717) is 40.3 Å². The van der Waals surface area contributed by atoms with Crippen LogP contribution in [0.1, 0.15) is 49.0 Å². The van der Waals surface area contributed by atoms with Gasteiger partial charge >= 0.3 is 5.97 Å². The summed E-state index contributed by atoms with van der Waals surface area (Å²) >= 11 is 6.03. The Morgan fingerprint density at radius 3 is 2.49 bits per heavy atom. The highest BCUT2D eigenvalue weighted by Crippen LogP contribution is 2.23. The zero-order valence-corrected chi connectivity index (χ0v) is 21.9. The van der Waals surface area contributed by atoms with Gasteiger partial charge in [0, 0.05) is 36.3 Å². The minimum Gasteiger partial charge on any atom is -0.476 e. The van der Waals surface area contributed by atoms with Crippen molar-refractivity contribution in [3.63, 3.8) is 0 Å². The van der Waals surface area contributed by atoms with Crippen LogP contribution in [-0.4, -0.2) is 32.9 Å². The van der Waals surface area contributed by atoms with Crippen LogP contribution in [0, 0.1) is 0 Å². The first kappa shape index (κ1) is 26.2. The van der Waals surface area contributed by atoms with Crippen LogP contribution in [0.3, 0.4) is 0 Å². The molecule has 0 aliphatic rings. The molecular weight excluding hydrogens is 492 g/mol. The molecule has 0 bridgehead atoms. The highest BCUT2D eigenvalue weighted by atomic mass is 35.5. The molecule has 4 aromatic rings. The molecule has 0 aliphatic heterocycles. The molecule has 9 heteroatoms. The Morgan fingerprint density at radius 1 is 1.08 bits per heavy atom. The fourth-order valence-corrected chi connectivity index (χ4v) is 4.03. The van der Waals surface area contributed by atoms with Gasteiger partial charge < -0.3 is 9.47 Å². The van der Waals surface area contributed by atoms with Crippen LogP contribution in [0.4, 0.5) is 5.82 Å². The van der Waals surface area contributed by atoms with Gasteiger partial charge in [0.25, 0.3) is 5.56 Å². The number of hydrogen-bond donors (Lipinski definition) is 0. The molecule has 0 aliphatic carbocycles. The van der Waals surface area contributed by atoms with Crippen molar-refractivity contribution in [1.29, 1.82) is 0 Å². The number of aryl methyl sites for hydroxylation is 1. The van der Waals surface area contributed by atoms with Crippen molar-refractivity contribution >= 4 is 35.1 Å². The molecule has 4 rings (SSSR count). The number of halogens is 1. The monoisotopic (exact) mass is 520 g/mol. The van der Waals surface area contributed by atoms with Crippen molar-refractivity contribution in [3.05, 3.63) is 87.3 Å². The number of fused-ring (bicyclic) bond motifs is 1. The van der Waals surface area contributed by atoms with Crippen LogP contribution in [0.5, 0.6) is 0 Å². The van der Waals surface area contributed by atoms with Crippen molar-refractivity contribution in [1.82, 2.24) is 14.0 Å². The maximum Gasteiger partial charge on any atom is 0.337 e. The summed E-state index contributed by atoms with van der Waals surface area (Å²) in [7, 11) is 1.35. The van der Waals surface area contributed by atoms with E-state index in [4.69, 9.17) is 26.1 Å². The van der Waals surface area contributed by atoms with E-state index in [1.807, 2.05) is 16.7 Å². The number of nitrogens with zero attached hydrogens (tertiary/aromatic N) is 4. The average molecular weight is 521 g/mol. The number of carbonyl (C=O) groups excluding carboxylic acids is 1. The van der Waals surface area contributed by atoms with Gasteiger partial charge in [-0.1, -0.05) is 55.6 Å². The fourth-order valence-electron chi connectivity index (χ4n) is 3.91. The zero-order chi connectivity index (χ0) is 26.4. The Hall–Kier alpha value is -3.91. The van der Waals surface area contributed by atoms with Gasteiger partial charge in [0.1, 0.15) is 12.4 Å². The highest BCUT2D eigenvalue weighted by Gasteiger charge is 2.14. The molecule has 37 heavy (non-hydrogen) atoms. The topological polar surface area (TPSA) is 87.2 Å². The first-order valence-electron chi connectivity index (χ1n) is 12.1. The molecular formula is C28H29ClN4O4. The smallest absolute Gasteiger partial charge is 0.337 e. The predicted octanol–water partition coefficient (Wildman–Crippen LogP) is 6.06. The maximum atomic E-state index is 13.0. The molecule has 2 heterocycles. The number of carbonyl (C=O) groups is 1. The standard InChI is InChI=1S/C28H29ClN4O4/c1-4-5-6-15-32-25(30-19(2)37-18-20-7-9-22(10-8-20)27(35)36-3)16-26(34)33-17-24(31-28(32)33)21-11-13-23(29)14-12-21/h7-14,16-17H,4-6,15,18H2,1-3H3/b30-19+. The van der Waals surface area contributed by atoms with E-state index in [1.165, 1.54) is 13.2 Å². The number of rotatable bonds is 9. The molecule has 2 aromatic heterocycles. The molecule has 192 valence electrons. The van der Waals surface area contributed by atoms with Crippen molar-refractivity contribution in [3.8, 4) is 11.3 Å². The summed E-state index contributed by atoms with van der Waals surface area (Å²) in [5.74, 6) is 1.04. The number of aromatic nitrogens is 3. The molecule has 0 spiro atoms. The van der Waals surface area contributed by atoms with Crippen LogP contribution >= 0.6 is 11.6 Å².